The zero-order valence-electron chi connectivity index (χ0n) is 12.5. The summed E-state index contributed by atoms with van der Waals surface area (Å²) in [6, 6.07) is 5.59. The molecule has 0 saturated carbocycles. The molecule has 1 aromatic carbocycles. The summed E-state index contributed by atoms with van der Waals surface area (Å²) in [5.74, 6) is 0.173. The van der Waals surface area contributed by atoms with Gasteiger partial charge in [0.25, 0.3) is 15.0 Å². The van der Waals surface area contributed by atoms with Gasteiger partial charge in [-0.25, -0.2) is 8.42 Å². The van der Waals surface area contributed by atoms with Crippen molar-refractivity contribution in [3.63, 3.8) is 0 Å². The summed E-state index contributed by atoms with van der Waals surface area (Å²) in [5.41, 5.74) is -0.300. The molecule has 1 aromatic rings. The minimum absolute atomic E-state index is 0.0132. The summed E-state index contributed by atoms with van der Waals surface area (Å²) in [6.45, 7) is 7.47. The fourth-order valence-corrected chi connectivity index (χ4v) is 2.23. The van der Waals surface area contributed by atoms with Crippen LogP contribution in [0.1, 0.15) is 34.1 Å². The van der Waals surface area contributed by atoms with Gasteiger partial charge in [-0.15, -0.1) is 0 Å². The highest BCUT2D eigenvalue weighted by atomic mass is 35.7. The van der Waals surface area contributed by atoms with Crippen molar-refractivity contribution < 1.29 is 17.9 Å². The molecule has 1 rings (SSSR count). The molecule has 0 radical (unpaired) electrons. The number of hydrogen-bond acceptors (Lipinski definition) is 4. The molecule has 0 aliphatic heterocycles. The van der Waals surface area contributed by atoms with Gasteiger partial charge in [-0.2, -0.15) is 0 Å². The normalized spacial score (nSPS) is 13.6. The van der Waals surface area contributed by atoms with Crippen LogP contribution in [0.4, 0.5) is 0 Å². The average Bonchev–Trinajstić information content (AvgIpc) is 2.37. The van der Waals surface area contributed by atoms with E-state index in [0.717, 1.165) is 6.42 Å². The van der Waals surface area contributed by atoms with E-state index in [1.165, 1.54) is 24.3 Å². The number of carbonyl (C=O) groups excluding carboxylic acids is 1. The Morgan fingerprint density at radius 3 is 2.29 bits per heavy atom. The first-order chi connectivity index (χ1) is 9.55. The van der Waals surface area contributed by atoms with E-state index in [1.54, 1.807) is 6.92 Å². The van der Waals surface area contributed by atoms with E-state index in [9.17, 15) is 13.2 Å². The van der Waals surface area contributed by atoms with Crippen molar-refractivity contribution in [3.05, 3.63) is 24.3 Å². The molecule has 1 unspecified atom stereocenters. The standard InChI is InChI=1S/C14H20ClNO4S/c1-5-14(3,4)16-13(17)10(2)20-11-6-8-12(9-7-11)21(15,18)19/h6-10H,5H2,1-4H3,(H,16,17). The van der Waals surface area contributed by atoms with E-state index < -0.39 is 15.2 Å². The minimum Gasteiger partial charge on any atom is -0.481 e. The average molecular weight is 334 g/mol. The maximum Gasteiger partial charge on any atom is 0.261 e. The second-order valence-electron chi connectivity index (χ2n) is 5.40. The highest BCUT2D eigenvalue weighted by Gasteiger charge is 2.23. The second kappa shape index (κ2) is 6.66. The van der Waals surface area contributed by atoms with Crippen LogP contribution in [0.2, 0.25) is 0 Å². The van der Waals surface area contributed by atoms with Crippen LogP contribution in [0.15, 0.2) is 29.2 Å². The highest BCUT2D eigenvalue weighted by molar-refractivity contribution is 8.13. The molecule has 0 heterocycles. The number of rotatable bonds is 6. The van der Waals surface area contributed by atoms with Crippen molar-refractivity contribution in [2.24, 2.45) is 0 Å². The summed E-state index contributed by atoms with van der Waals surface area (Å²) in [4.78, 5) is 12.0. The van der Waals surface area contributed by atoms with Gasteiger partial charge in [-0.05, 0) is 51.5 Å². The summed E-state index contributed by atoms with van der Waals surface area (Å²) >= 11 is 0. The number of amides is 1. The molecule has 0 bridgehead atoms. The molecule has 0 aliphatic rings. The smallest absolute Gasteiger partial charge is 0.261 e. The Bertz CT molecular complexity index is 596. The molecule has 0 spiro atoms. The summed E-state index contributed by atoms with van der Waals surface area (Å²) in [5, 5.41) is 2.88. The summed E-state index contributed by atoms with van der Waals surface area (Å²) in [7, 11) is 1.47. The third kappa shape index (κ3) is 5.55. The fourth-order valence-electron chi connectivity index (χ4n) is 1.46. The van der Waals surface area contributed by atoms with E-state index in [0.29, 0.717) is 5.75 Å². The van der Waals surface area contributed by atoms with E-state index in [1.807, 2.05) is 20.8 Å². The number of hydrogen-bond donors (Lipinski definition) is 1. The van der Waals surface area contributed by atoms with Crippen molar-refractivity contribution in [1.29, 1.82) is 0 Å². The van der Waals surface area contributed by atoms with Crippen LogP contribution < -0.4 is 10.1 Å². The van der Waals surface area contributed by atoms with Crippen molar-refractivity contribution in [2.45, 2.75) is 50.7 Å². The van der Waals surface area contributed by atoms with Gasteiger partial charge in [0, 0.05) is 16.2 Å². The molecule has 0 saturated heterocycles. The Morgan fingerprint density at radius 1 is 1.33 bits per heavy atom. The summed E-state index contributed by atoms with van der Waals surface area (Å²) in [6.07, 6.45) is 0.113. The minimum atomic E-state index is -3.75. The first-order valence-electron chi connectivity index (χ1n) is 6.58. The molecule has 1 amide bonds. The predicted molar refractivity (Wildman–Crippen MR) is 82.1 cm³/mol. The maximum absolute atomic E-state index is 12.0. The number of nitrogens with one attached hydrogen (secondary N) is 1. The third-order valence-corrected chi connectivity index (χ3v) is 4.50. The molecule has 21 heavy (non-hydrogen) atoms. The number of benzene rings is 1. The van der Waals surface area contributed by atoms with Gasteiger partial charge >= 0.3 is 0 Å². The Kier molecular flexibility index (Phi) is 5.64. The predicted octanol–water partition coefficient (Wildman–Crippen LogP) is 2.69. The van der Waals surface area contributed by atoms with Crippen LogP contribution in [0.3, 0.4) is 0 Å². The van der Waals surface area contributed by atoms with Gasteiger partial charge in [0.1, 0.15) is 5.75 Å². The molecular formula is C14H20ClNO4S. The number of ether oxygens (including phenoxy) is 1. The molecular weight excluding hydrogens is 314 g/mol. The zero-order chi connectivity index (χ0) is 16.3. The molecule has 0 fully saturated rings. The van der Waals surface area contributed by atoms with Crippen LogP contribution in [-0.4, -0.2) is 26.0 Å². The molecule has 1 atom stereocenters. The van der Waals surface area contributed by atoms with Crippen LogP contribution in [-0.2, 0) is 13.8 Å². The fraction of sp³-hybridized carbons (Fsp3) is 0.500. The molecule has 0 aromatic heterocycles. The Hall–Kier alpha value is -1.27. The monoisotopic (exact) mass is 333 g/mol. The number of halogens is 1. The van der Waals surface area contributed by atoms with Gasteiger partial charge in [0.15, 0.2) is 6.10 Å². The van der Waals surface area contributed by atoms with Gasteiger partial charge in [-0.1, -0.05) is 6.92 Å². The third-order valence-electron chi connectivity index (χ3n) is 3.13. The van der Waals surface area contributed by atoms with E-state index in [4.69, 9.17) is 15.4 Å². The largest absolute Gasteiger partial charge is 0.481 e. The molecule has 118 valence electrons. The number of carbonyl (C=O) groups is 1. The lowest BCUT2D eigenvalue weighted by Crippen LogP contribution is -2.48. The van der Waals surface area contributed by atoms with Crippen LogP contribution >= 0.6 is 10.7 Å². The topological polar surface area (TPSA) is 72.5 Å². The Balaban J connectivity index is 2.71. The van der Waals surface area contributed by atoms with Crippen molar-refractivity contribution in [1.82, 2.24) is 5.32 Å². The quantitative estimate of drug-likeness (QED) is 0.812. The van der Waals surface area contributed by atoms with Crippen LogP contribution in [0.25, 0.3) is 0 Å². The van der Waals surface area contributed by atoms with Crippen LogP contribution in [0, 0.1) is 0 Å². The molecule has 7 heteroatoms. The van der Waals surface area contributed by atoms with Gasteiger partial charge in [-0.3, -0.25) is 4.79 Å². The van der Waals surface area contributed by atoms with E-state index >= 15 is 0 Å². The van der Waals surface area contributed by atoms with E-state index in [-0.39, 0.29) is 16.3 Å². The van der Waals surface area contributed by atoms with E-state index in [2.05, 4.69) is 5.32 Å². The molecule has 5 nitrogen and oxygen atoms in total. The van der Waals surface area contributed by atoms with Crippen LogP contribution in [0.5, 0.6) is 5.75 Å². The Labute approximate surface area is 130 Å². The van der Waals surface area contributed by atoms with Gasteiger partial charge in [0.05, 0.1) is 4.90 Å². The highest BCUT2D eigenvalue weighted by Crippen LogP contribution is 2.20. The van der Waals surface area contributed by atoms with Gasteiger partial charge in [0.2, 0.25) is 0 Å². The van der Waals surface area contributed by atoms with Crippen molar-refractivity contribution >= 4 is 25.6 Å². The Morgan fingerprint density at radius 2 is 1.86 bits per heavy atom. The maximum atomic E-state index is 12.0. The zero-order valence-corrected chi connectivity index (χ0v) is 14.1. The molecule has 1 N–H and O–H groups in total. The lowest BCUT2D eigenvalue weighted by molar-refractivity contribution is -0.128. The van der Waals surface area contributed by atoms with Crippen molar-refractivity contribution in [2.75, 3.05) is 0 Å². The molecule has 0 aliphatic carbocycles. The van der Waals surface area contributed by atoms with Gasteiger partial charge < -0.3 is 10.1 Å². The SMILES string of the molecule is CCC(C)(C)NC(=O)C(C)Oc1ccc(S(=O)(=O)Cl)cc1. The lowest BCUT2D eigenvalue weighted by atomic mass is 10.0. The van der Waals surface area contributed by atoms with Crippen molar-refractivity contribution in [3.8, 4) is 5.75 Å². The summed E-state index contributed by atoms with van der Waals surface area (Å²) < 4.78 is 27.7. The second-order valence-corrected chi connectivity index (χ2v) is 7.96. The lowest BCUT2D eigenvalue weighted by Gasteiger charge is -2.26. The first kappa shape index (κ1) is 17.8. The first-order valence-corrected chi connectivity index (χ1v) is 8.89.